The molecule has 9 N–H and O–H groups in total. The van der Waals surface area contributed by atoms with Gasteiger partial charge in [0.05, 0.1) is 6.04 Å². The Bertz CT molecular complexity index is 965. The first-order valence-electron chi connectivity index (χ1n) is 12.6. The molecule has 1 aromatic rings. The van der Waals surface area contributed by atoms with Gasteiger partial charge in [-0.15, -0.1) is 0 Å². The zero-order chi connectivity index (χ0) is 29.0. The Morgan fingerprint density at radius 2 is 1.29 bits per heavy atom. The van der Waals surface area contributed by atoms with Gasteiger partial charge < -0.3 is 37.6 Å². The molecular weight excluding hydrogens is 494 g/mol. The molecule has 0 saturated heterocycles. The molecule has 0 spiro atoms. The number of phenols is 1. The van der Waals surface area contributed by atoms with Crippen LogP contribution in [0.2, 0.25) is 0 Å². The molecule has 0 fully saturated rings. The van der Waals surface area contributed by atoms with Gasteiger partial charge in [0.15, 0.2) is 0 Å². The van der Waals surface area contributed by atoms with Crippen LogP contribution in [0.3, 0.4) is 0 Å². The maximum Gasteiger partial charge on any atom is 0.326 e. The van der Waals surface area contributed by atoms with E-state index in [-0.39, 0.29) is 43.3 Å². The molecule has 12 nitrogen and oxygen atoms in total. The van der Waals surface area contributed by atoms with Gasteiger partial charge in [0.2, 0.25) is 23.6 Å². The minimum atomic E-state index is -1.41. The normalized spacial score (nSPS) is 14.3. The Morgan fingerprint density at radius 3 is 1.79 bits per heavy atom. The van der Waals surface area contributed by atoms with E-state index in [1.807, 2.05) is 27.7 Å². The van der Waals surface area contributed by atoms with Gasteiger partial charge in [-0.2, -0.15) is 0 Å². The van der Waals surface area contributed by atoms with Gasteiger partial charge in [-0.1, -0.05) is 39.8 Å². The molecule has 1 rings (SSSR count). The van der Waals surface area contributed by atoms with Gasteiger partial charge in [0.1, 0.15) is 23.9 Å². The van der Waals surface area contributed by atoms with E-state index in [4.69, 9.17) is 11.5 Å². The van der Waals surface area contributed by atoms with Gasteiger partial charge in [-0.3, -0.25) is 19.2 Å². The van der Waals surface area contributed by atoms with E-state index >= 15 is 0 Å². The third kappa shape index (κ3) is 12.0. The second-order valence-electron chi connectivity index (χ2n) is 10.3. The lowest BCUT2D eigenvalue weighted by atomic mass is 9.99. The van der Waals surface area contributed by atoms with Gasteiger partial charge in [0.25, 0.3) is 0 Å². The smallest absolute Gasteiger partial charge is 0.326 e. The van der Waals surface area contributed by atoms with Crippen LogP contribution in [0, 0.1) is 11.8 Å². The zero-order valence-corrected chi connectivity index (χ0v) is 22.4. The molecule has 212 valence electrons. The number of amides is 4. The summed E-state index contributed by atoms with van der Waals surface area (Å²) in [4.78, 5) is 61.8. The number of rotatable bonds is 16. The summed E-state index contributed by atoms with van der Waals surface area (Å²) in [5.41, 5.74) is 11.7. The number of nitrogens with two attached hydrogens (primary N) is 2. The summed E-state index contributed by atoms with van der Waals surface area (Å²) in [5.74, 6) is -3.81. The number of nitrogens with one attached hydrogen (secondary N) is 3. The fourth-order valence-electron chi connectivity index (χ4n) is 3.76. The summed E-state index contributed by atoms with van der Waals surface area (Å²) in [6, 6.07) is 1.52. The number of hydrogen-bond acceptors (Lipinski definition) is 7. The second kappa shape index (κ2) is 15.6. The van der Waals surface area contributed by atoms with Crippen LogP contribution in [0.25, 0.3) is 0 Å². The highest BCUT2D eigenvalue weighted by Crippen LogP contribution is 2.13. The van der Waals surface area contributed by atoms with Crippen molar-refractivity contribution >= 4 is 29.6 Å². The molecular formula is C26H41N5O7. The third-order valence-electron chi connectivity index (χ3n) is 5.71. The predicted octanol–water partition coefficient (Wildman–Crippen LogP) is 0.159. The highest BCUT2D eigenvalue weighted by molar-refractivity contribution is 5.94. The number of phenolic OH excluding ortho intramolecular Hbond substituents is 1. The van der Waals surface area contributed by atoms with Crippen molar-refractivity contribution in [1.29, 1.82) is 0 Å². The zero-order valence-electron chi connectivity index (χ0n) is 22.4. The van der Waals surface area contributed by atoms with E-state index in [1.165, 1.54) is 12.1 Å². The Labute approximate surface area is 222 Å². The van der Waals surface area contributed by atoms with E-state index in [0.717, 1.165) is 0 Å². The van der Waals surface area contributed by atoms with E-state index in [1.54, 1.807) is 12.1 Å². The molecule has 4 atom stereocenters. The number of aromatic hydroxyl groups is 1. The molecule has 4 amide bonds. The molecule has 0 aromatic heterocycles. The van der Waals surface area contributed by atoms with Crippen molar-refractivity contribution in [2.75, 3.05) is 0 Å². The summed E-state index contributed by atoms with van der Waals surface area (Å²) < 4.78 is 0. The lowest BCUT2D eigenvalue weighted by molar-refractivity contribution is -0.142. The molecule has 0 aliphatic rings. The Hall–Kier alpha value is -3.67. The monoisotopic (exact) mass is 535 g/mol. The number of carbonyl (C=O) groups is 5. The van der Waals surface area contributed by atoms with Crippen molar-refractivity contribution in [3.8, 4) is 5.75 Å². The van der Waals surface area contributed by atoms with Crippen molar-refractivity contribution in [3.05, 3.63) is 29.8 Å². The average molecular weight is 536 g/mol. The highest BCUT2D eigenvalue weighted by atomic mass is 16.4. The first-order chi connectivity index (χ1) is 17.7. The van der Waals surface area contributed by atoms with E-state index in [0.29, 0.717) is 12.0 Å². The summed E-state index contributed by atoms with van der Waals surface area (Å²) in [5, 5.41) is 26.7. The van der Waals surface area contributed by atoms with Crippen molar-refractivity contribution < 1.29 is 34.2 Å². The van der Waals surface area contributed by atoms with E-state index in [9.17, 15) is 34.2 Å². The van der Waals surface area contributed by atoms with Crippen LogP contribution < -0.4 is 27.4 Å². The first kappa shape index (κ1) is 32.4. The van der Waals surface area contributed by atoms with Crippen LogP contribution in [-0.4, -0.2) is 64.0 Å². The Balaban J connectivity index is 3.16. The van der Waals surface area contributed by atoms with Crippen LogP contribution in [0.4, 0.5) is 0 Å². The van der Waals surface area contributed by atoms with Gasteiger partial charge in [-0.05, 0) is 48.8 Å². The van der Waals surface area contributed by atoms with Gasteiger partial charge >= 0.3 is 5.97 Å². The topological polar surface area (TPSA) is 214 Å². The minimum absolute atomic E-state index is 0.00799. The molecule has 0 bridgehead atoms. The second-order valence-corrected chi connectivity index (χ2v) is 10.3. The van der Waals surface area contributed by atoms with Crippen LogP contribution in [0.5, 0.6) is 5.75 Å². The van der Waals surface area contributed by atoms with E-state index in [2.05, 4.69) is 16.0 Å². The standard InChI is InChI=1S/C26H41N5O7/c1-14(2)11-18(27)23(34)30-20(12-15(3)4)24(35)31-21(13-16-5-7-17(32)8-6-16)25(36)29-19(26(37)38)9-10-22(28)33/h5-8,14-15,18-21,32H,9-13,27H2,1-4H3,(H2,28,33)(H,29,36)(H,30,34)(H,31,35)(H,37,38). The molecule has 38 heavy (non-hydrogen) atoms. The summed E-state index contributed by atoms with van der Waals surface area (Å²) in [6.45, 7) is 7.59. The van der Waals surface area contributed by atoms with Crippen LogP contribution >= 0.6 is 0 Å². The maximum absolute atomic E-state index is 13.3. The fourth-order valence-corrected chi connectivity index (χ4v) is 3.76. The van der Waals surface area contributed by atoms with Crippen LogP contribution in [-0.2, 0) is 30.4 Å². The van der Waals surface area contributed by atoms with Crippen molar-refractivity contribution in [1.82, 2.24) is 16.0 Å². The lowest BCUT2D eigenvalue weighted by Gasteiger charge is -2.26. The quantitative estimate of drug-likeness (QED) is 0.154. The first-order valence-corrected chi connectivity index (χ1v) is 12.6. The van der Waals surface area contributed by atoms with Crippen LogP contribution in [0.15, 0.2) is 24.3 Å². The molecule has 0 aliphatic heterocycles. The lowest BCUT2D eigenvalue weighted by Crippen LogP contribution is -2.58. The third-order valence-corrected chi connectivity index (χ3v) is 5.71. The molecule has 4 unspecified atom stereocenters. The van der Waals surface area contributed by atoms with E-state index < -0.39 is 53.8 Å². The van der Waals surface area contributed by atoms with Gasteiger partial charge in [0, 0.05) is 12.8 Å². The summed E-state index contributed by atoms with van der Waals surface area (Å²) >= 11 is 0. The Morgan fingerprint density at radius 1 is 0.789 bits per heavy atom. The van der Waals surface area contributed by atoms with Crippen molar-refractivity contribution in [2.24, 2.45) is 23.3 Å². The molecule has 0 radical (unpaired) electrons. The van der Waals surface area contributed by atoms with Crippen LogP contribution in [0.1, 0.15) is 58.9 Å². The number of primary amides is 1. The summed E-state index contributed by atoms with van der Waals surface area (Å²) in [7, 11) is 0. The molecule has 0 heterocycles. The number of carbonyl (C=O) groups excluding carboxylic acids is 4. The number of hydrogen-bond donors (Lipinski definition) is 7. The highest BCUT2D eigenvalue weighted by Gasteiger charge is 2.31. The average Bonchev–Trinajstić information content (AvgIpc) is 2.80. The number of carboxylic acid groups (broad SMARTS) is 1. The van der Waals surface area contributed by atoms with Gasteiger partial charge in [-0.25, -0.2) is 4.79 Å². The maximum atomic E-state index is 13.3. The largest absolute Gasteiger partial charge is 0.508 e. The SMILES string of the molecule is CC(C)CC(N)C(=O)NC(CC(C)C)C(=O)NC(Cc1ccc(O)cc1)C(=O)NC(CCC(N)=O)C(=O)O. The van der Waals surface area contributed by atoms with Crippen molar-refractivity contribution in [3.63, 3.8) is 0 Å². The minimum Gasteiger partial charge on any atom is -0.508 e. The number of carboxylic acids is 1. The fraction of sp³-hybridized carbons (Fsp3) is 0.577. The number of benzene rings is 1. The molecule has 0 aliphatic carbocycles. The predicted molar refractivity (Wildman–Crippen MR) is 141 cm³/mol. The molecule has 12 heteroatoms. The summed E-state index contributed by atoms with van der Waals surface area (Å²) in [6.07, 6.45) is 0.183. The Kier molecular flexibility index (Phi) is 13.2. The molecule has 0 saturated carbocycles. The molecule has 1 aromatic carbocycles. The number of aliphatic carboxylic acids is 1. The van der Waals surface area contributed by atoms with Crippen molar-refractivity contribution in [2.45, 2.75) is 84.0 Å².